The van der Waals surface area contributed by atoms with E-state index in [1.165, 1.54) is 106 Å². The molecule has 232 valence electrons. The summed E-state index contributed by atoms with van der Waals surface area (Å²) in [6, 6.07) is 62.9. The molecular formula is C48H28S2. The summed E-state index contributed by atoms with van der Waals surface area (Å²) in [6.07, 6.45) is 0. The maximum absolute atomic E-state index is 2.45. The van der Waals surface area contributed by atoms with Crippen molar-refractivity contribution >= 4 is 95.3 Å². The van der Waals surface area contributed by atoms with Crippen LogP contribution in [0.5, 0.6) is 0 Å². The minimum absolute atomic E-state index is 1.24. The number of rotatable bonds is 3. The van der Waals surface area contributed by atoms with E-state index in [4.69, 9.17) is 0 Å². The molecule has 0 N–H and O–H groups in total. The molecule has 0 saturated heterocycles. The molecule has 0 aliphatic carbocycles. The van der Waals surface area contributed by atoms with Gasteiger partial charge in [0.25, 0.3) is 0 Å². The van der Waals surface area contributed by atoms with Crippen molar-refractivity contribution in [1.29, 1.82) is 0 Å². The third-order valence-electron chi connectivity index (χ3n) is 10.5. The lowest BCUT2D eigenvalue weighted by molar-refractivity contribution is 1.64. The van der Waals surface area contributed by atoms with Crippen LogP contribution >= 0.6 is 22.7 Å². The molecule has 11 aromatic rings. The molecule has 9 aromatic carbocycles. The van der Waals surface area contributed by atoms with E-state index >= 15 is 0 Å². The van der Waals surface area contributed by atoms with E-state index in [2.05, 4.69) is 170 Å². The summed E-state index contributed by atoms with van der Waals surface area (Å²) in [5.74, 6) is 0. The Labute approximate surface area is 297 Å². The molecule has 50 heavy (non-hydrogen) atoms. The highest BCUT2D eigenvalue weighted by Gasteiger charge is 2.21. The van der Waals surface area contributed by atoms with E-state index in [1.807, 2.05) is 22.7 Å². The lowest BCUT2D eigenvalue weighted by atomic mass is 9.85. The Morgan fingerprint density at radius 3 is 1.50 bits per heavy atom. The molecule has 0 bridgehead atoms. The summed E-state index contributed by atoms with van der Waals surface area (Å²) >= 11 is 3.84. The van der Waals surface area contributed by atoms with Crippen molar-refractivity contribution in [3.8, 4) is 33.4 Å². The third-order valence-corrected chi connectivity index (χ3v) is 12.8. The Hall–Kier alpha value is -5.80. The molecule has 0 nitrogen and oxygen atoms in total. The zero-order valence-electron chi connectivity index (χ0n) is 27.0. The summed E-state index contributed by atoms with van der Waals surface area (Å²) in [4.78, 5) is 0. The van der Waals surface area contributed by atoms with Crippen LogP contribution in [0.25, 0.3) is 106 Å². The van der Waals surface area contributed by atoms with Gasteiger partial charge in [-0.1, -0.05) is 152 Å². The van der Waals surface area contributed by atoms with E-state index in [-0.39, 0.29) is 0 Å². The van der Waals surface area contributed by atoms with Crippen LogP contribution < -0.4 is 0 Å². The first-order valence-corrected chi connectivity index (χ1v) is 18.7. The Kier molecular flexibility index (Phi) is 6.09. The summed E-state index contributed by atoms with van der Waals surface area (Å²) < 4.78 is 5.39. The number of hydrogen-bond donors (Lipinski definition) is 0. The monoisotopic (exact) mass is 668 g/mol. The average Bonchev–Trinajstić information content (AvgIpc) is 3.76. The van der Waals surface area contributed by atoms with Gasteiger partial charge in [0.05, 0.1) is 0 Å². The average molecular weight is 669 g/mol. The summed E-state index contributed by atoms with van der Waals surface area (Å²) in [5.41, 5.74) is 7.64. The molecular weight excluding hydrogens is 641 g/mol. The Morgan fingerprint density at radius 2 is 0.820 bits per heavy atom. The van der Waals surface area contributed by atoms with Gasteiger partial charge in [0.2, 0.25) is 0 Å². The first-order valence-electron chi connectivity index (χ1n) is 17.1. The Bertz CT molecular complexity index is 3070. The fraction of sp³-hybridized carbons (Fsp3) is 0. The van der Waals surface area contributed by atoms with Crippen molar-refractivity contribution in [2.24, 2.45) is 0 Å². The maximum atomic E-state index is 2.45. The second-order valence-corrected chi connectivity index (χ2v) is 15.3. The van der Waals surface area contributed by atoms with Gasteiger partial charge in [0.15, 0.2) is 0 Å². The fourth-order valence-electron chi connectivity index (χ4n) is 8.30. The van der Waals surface area contributed by atoms with Crippen LogP contribution in [0, 0.1) is 0 Å². The molecule has 2 aromatic heterocycles. The van der Waals surface area contributed by atoms with Crippen LogP contribution in [0.15, 0.2) is 170 Å². The van der Waals surface area contributed by atoms with Gasteiger partial charge in [-0.25, -0.2) is 0 Å². The van der Waals surface area contributed by atoms with Crippen molar-refractivity contribution in [1.82, 2.24) is 0 Å². The lowest BCUT2D eigenvalue weighted by Crippen LogP contribution is -1.90. The SMILES string of the molecule is c1ccc(-c2c3ccccc3c(-c3ccc(-c4cc5sc6ccccc6c5c5c4sc4ccc6ccccc6c45)cc3)c3ccccc23)cc1. The zero-order chi connectivity index (χ0) is 32.8. The normalized spacial score (nSPS) is 12.0. The molecule has 0 atom stereocenters. The number of benzene rings is 9. The van der Waals surface area contributed by atoms with Crippen molar-refractivity contribution in [2.45, 2.75) is 0 Å². The maximum Gasteiger partial charge on any atom is 0.0441 e. The van der Waals surface area contributed by atoms with Crippen molar-refractivity contribution in [3.05, 3.63) is 170 Å². The highest BCUT2D eigenvalue weighted by atomic mass is 32.1. The third kappa shape index (κ3) is 4.04. The van der Waals surface area contributed by atoms with Gasteiger partial charge in [-0.2, -0.15) is 0 Å². The van der Waals surface area contributed by atoms with E-state index in [1.54, 1.807) is 0 Å². The van der Waals surface area contributed by atoms with Crippen LogP contribution in [-0.4, -0.2) is 0 Å². The first-order chi connectivity index (χ1) is 24.8. The van der Waals surface area contributed by atoms with Gasteiger partial charge in [-0.05, 0) is 78.3 Å². The number of hydrogen-bond acceptors (Lipinski definition) is 2. The van der Waals surface area contributed by atoms with Crippen LogP contribution in [0.1, 0.15) is 0 Å². The molecule has 0 aliphatic rings. The number of fused-ring (bicyclic) bond motifs is 11. The van der Waals surface area contributed by atoms with E-state index in [0.717, 1.165) is 0 Å². The summed E-state index contributed by atoms with van der Waals surface area (Å²) in [6.45, 7) is 0. The van der Waals surface area contributed by atoms with Crippen molar-refractivity contribution in [3.63, 3.8) is 0 Å². The molecule has 0 aliphatic heterocycles. The molecule has 0 radical (unpaired) electrons. The molecule has 2 heterocycles. The first kappa shape index (κ1) is 28.1. The van der Waals surface area contributed by atoms with Crippen LogP contribution in [-0.2, 0) is 0 Å². The lowest BCUT2D eigenvalue weighted by Gasteiger charge is -2.18. The van der Waals surface area contributed by atoms with Crippen LogP contribution in [0.3, 0.4) is 0 Å². The van der Waals surface area contributed by atoms with Crippen molar-refractivity contribution < 1.29 is 0 Å². The van der Waals surface area contributed by atoms with Gasteiger partial charge in [0.1, 0.15) is 0 Å². The quantitative estimate of drug-likeness (QED) is 0.164. The van der Waals surface area contributed by atoms with E-state index < -0.39 is 0 Å². The van der Waals surface area contributed by atoms with Crippen LogP contribution in [0.2, 0.25) is 0 Å². The van der Waals surface area contributed by atoms with Crippen molar-refractivity contribution in [2.75, 3.05) is 0 Å². The van der Waals surface area contributed by atoms with Gasteiger partial charge >= 0.3 is 0 Å². The predicted octanol–water partition coefficient (Wildman–Crippen LogP) is 14.9. The Balaban J connectivity index is 1.17. The summed E-state index contributed by atoms with van der Waals surface area (Å²) in [7, 11) is 0. The van der Waals surface area contributed by atoms with Gasteiger partial charge in [-0.3, -0.25) is 0 Å². The van der Waals surface area contributed by atoms with Gasteiger partial charge in [-0.15, -0.1) is 22.7 Å². The largest absolute Gasteiger partial charge is 0.135 e. The fourth-order valence-corrected chi connectivity index (χ4v) is 10.7. The minimum atomic E-state index is 1.24. The molecule has 0 amide bonds. The standard InChI is InChI=1S/C48H28S2/c1-2-13-31(14-3-1)43-34-16-6-8-18-36(34)44(37-19-9-7-17-35(37)43)32-24-22-30(23-25-32)39-28-42-46(38-20-10-11-21-40(38)49-42)47-45-33-15-5-4-12-29(33)26-27-41(45)50-48(39)47/h1-28H. The van der Waals surface area contributed by atoms with Gasteiger partial charge in [0, 0.05) is 45.9 Å². The topological polar surface area (TPSA) is 0 Å². The molecule has 0 unspecified atom stereocenters. The van der Waals surface area contributed by atoms with Gasteiger partial charge < -0.3 is 0 Å². The second-order valence-electron chi connectivity index (χ2n) is 13.1. The Morgan fingerprint density at radius 1 is 0.300 bits per heavy atom. The molecule has 11 rings (SSSR count). The predicted molar refractivity (Wildman–Crippen MR) is 221 cm³/mol. The highest BCUT2D eigenvalue weighted by molar-refractivity contribution is 7.28. The van der Waals surface area contributed by atoms with E-state index in [9.17, 15) is 0 Å². The smallest absolute Gasteiger partial charge is 0.0441 e. The molecule has 0 spiro atoms. The molecule has 2 heteroatoms. The molecule has 0 saturated carbocycles. The molecule has 0 fully saturated rings. The summed E-state index contributed by atoms with van der Waals surface area (Å²) in [5, 5.41) is 13.3. The zero-order valence-corrected chi connectivity index (χ0v) is 28.6. The van der Waals surface area contributed by atoms with E-state index in [0.29, 0.717) is 0 Å². The second kappa shape index (κ2) is 10.9. The van der Waals surface area contributed by atoms with Crippen LogP contribution in [0.4, 0.5) is 0 Å². The number of thiophene rings is 2. The highest BCUT2D eigenvalue weighted by Crippen LogP contribution is 2.50. The minimum Gasteiger partial charge on any atom is -0.135 e.